The van der Waals surface area contributed by atoms with Gasteiger partial charge in [-0.2, -0.15) is 0 Å². The number of ether oxygens (including phenoxy) is 2. The zero-order valence-corrected chi connectivity index (χ0v) is 32.6. The Labute approximate surface area is 324 Å². The highest BCUT2D eigenvalue weighted by atomic mass is 19.3. The smallest absolute Gasteiger partial charge is 0.271 e. The van der Waals surface area contributed by atoms with Crippen LogP contribution in [0.4, 0.5) is 17.6 Å². The summed E-state index contributed by atoms with van der Waals surface area (Å²) >= 11 is 0. The number of carbonyl (C=O) groups is 2. The maximum absolute atomic E-state index is 13.7. The minimum atomic E-state index is -2.93. The van der Waals surface area contributed by atoms with Crippen LogP contribution in [0.15, 0.2) is 48.8 Å². The van der Waals surface area contributed by atoms with Crippen molar-refractivity contribution < 1.29 is 36.6 Å². The predicted octanol–water partition coefficient (Wildman–Crippen LogP) is 8.27. The average Bonchev–Trinajstić information content (AvgIpc) is 3.86. The van der Waals surface area contributed by atoms with Crippen molar-refractivity contribution in [3.05, 3.63) is 71.6 Å². The number of amides is 2. The van der Waals surface area contributed by atoms with E-state index in [1.807, 2.05) is 52.2 Å². The van der Waals surface area contributed by atoms with Gasteiger partial charge in [0.25, 0.3) is 23.7 Å². The summed E-state index contributed by atoms with van der Waals surface area (Å²) in [4.78, 5) is 42.7. The van der Waals surface area contributed by atoms with Gasteiger partial charge in [-0.15, -0.1) is 0 Å². The van der Waals surface area contributed by atoms with E-state index in [-0.39, 0.29) is 24.7 Å². The number of halogens is 4. The number of alkyl halides is 4. The number of aromatic nitrogens is 4. The number of aromatic amines is 2. The van der Waals surface area contributed by atoms with Gasteiger partial charge in [-0.1, -0.05) is 52.0 Å². The highest BCUT2D eigenvalue weighted by Crippen LogP contribution is 2.40. The summed E-state index contributed by atoms with van der Waals surface area (Å²) in [5.41, 5.74) is 5.31. The van der Waals surface area contributed by atoms with Crippen molar-refractivity contribution >= 4 is 11.8 Å². The van der Waals surface area contributed by atoms with Crippen LogP contribution in [-0.4, -0.2) is 68.0 Å². The molecule has 2 saturated heterocycles. The van der Waals surface area contributed by atoms with Gasteiger partial charge in [-0.3, -0.25) is 9.59 Å². The van der Waals surface area contributed by atoms with E-state index in [0.29, 0.717) is 11.6 Å². The van der Waals surface area contributed by atoms with Gasteiger partial charge in [0.15, 0.2) is 0 Å². The quantitative estimate of drug-likeness (QED) is 0.120. The van der Waals surface area contributed by atoms with E-state index in [2.05, 4.69) is 44.9 Å². The van der Waals surface area contributed by atoms with Crippen LogP contribution in [0, 0.1) is 11.8 Å². The number of nitrogens with zero attached hydrogens (tertiary/aromatic N) is 2. The van der Waals surface area contributed by atoms with Gasteiger partial charge in [0.05, 0.1) is 23.5 Å². The number of fused-ring (bicyclic) bond motifs is 3. The van der Waals surface area contributed by atoms with Crippen LogP contribution in [0.5, 0.6) is 0 Å². The molecule has 3 aliphatic rings. The number of benzene rings is 2. The summed E-state index contributed by atoms with van der Waals surface area (Å²) in [5.74, 6) is -5.65. The molecule has 0 bridgehead atoms. The molecular weight excluding hydrogens is 728 g/mol. The molecule has 0 radical (unpaired) electrons. The third kappa shape index (κ3) is 8.00. The van der Waals surface area contributed by atoms with Crippen LogP contribution in [-0.2, 0) is 31.9 Å². The van der Waals surface area contributed by atoms with Crippen molar-refractivity contribution in [1.82, 2.24) is 30.6 Å². The summed E-state index contributed by atoms with van der Waals surface area (Å²) in [7, 11) is 0. The van der Waals surface area contributed by atoms with Gasteiger partial charge in [0.1, 0.15) is 36.1 Å². The standard InChI is InChI=1S/C42H50F4N6O4/c1-23(2)33(51-37(53)39(5)13-15-41(43,44)21-55-39)35-47-19-31(49-35)27-9-11-29-25(17-27)7-8-26-18-28(10-12-30(26)29)32-20-48-36(50-32)34(24(3)4)52-38(54)40(6)14-16-42(45,46)22-56-40/h9-12,17-20,23-24,33-34H,7-8,13-16,21-22H2,1-6H3,(H,47,49)(H,48,50)(H,51,53)(H,52,54)/t33-,34-,39+,40+/m0/s1. The van der Waals surface area contributed by atoms with Crippen molar-refractivity contribution in [3.8, 4) is 33.6 Å². The zero-order chi connectivity index (χ0) is 40.2. The predicted molar refractivity (Wildman–Crippen MR) is 203 cm³/mol. The number of rotatable bonds is 10. The van der Waals surface area contributed by atoms with E-state index in [0.717, 1.165) is 46.5 Å². The summed E-state index contributed by atoms with van der Waals surface area (Å²) in [6.07, 6.45) is 4.32. The molecule has 2 fully saturated rings. The Morgan fingerprint density at radius 3 is 1.39 bits per heavy atom. The number of nitrogens with one attached hydrogen (secondary N) is 4. The van der Waals surface area contributed by atoms with Crippen LogP contribution >= 0.6 is 0 Å². The van der Waals surface area contributed by atoms with E-state index >= 15 is 0 Å². The fourth-order valence-electron chi connectivity index (χ4n) is 7.71. The molecule has 0 saturated carbocycles. The molecule has 56 heavy (non-hydrogen) atoms. The third-order valence-corrected chi connectivity index (χ3v) is 11.5. The molecule has 2 aromatic heterocycles. The van der Waals surface area contributed by atoms with Crippen LogP contribution in [0.1, 0.15) is 102 Å². The van der Waals surface area contributed by atoms with E-state index in [4.69, 9.17) is 19.4 Å². The number of hydrogen-bond donors (Lipinski definition) is 4. The molecule has 2 aliphatic heterocycles. The molecule has 2 aromatic carbocycles. The average molecular weight is 779 g/mol. The number of imidazole rings is 2. The first-order chi connectivity index (χ1) is 26.4. The normalized spacial score (nSPS) is 23.9. The van der Waals surface area contributed by atoms with Crippen LogP contribution in [0.25, 0.3) is 33.6 Å². The van der Waals surface area contributed by atoms with Crippen molar-refractivity contribution in [2.75, 3.05) is 13.2 Å². The van der Waals surface area contributed by atoms with Gasteiger partial charge in [-0.25, -0.2) is 27.5 Å². The van der Waals surface area contributed by atoms with Crippen molar-refractivity contribution in [1.29, 1.82) is 0 Å². The van der Waals surface area contributed by atoms with Crippen molar-refractivity contribution in [2.24, 2.45) is 11.8 Å². The first kappa shape index (κ1) is 39.7. The minimum Gasteiger partial charge on any atom is -0.359 e. The fraction of sp³-hybridized carbons (Fsp3) is 0.524. The first-order valence-corrected chi connectivity index (χ1v) is 19.4. The number of hydrogen-bond acceptors (Lipinski definition) is 6. The lowest BCUT2D eigenvalue weighted by Crippen LogP contribution is -2.53. The van der Waals surface area contributed by atoms with E-state index in [1.165, 1.54) is 11.1 Å². The zero-order valence-electron chi connectivity index (χ0n) is 32.6. The summed E-state index contributed by atoms with van der Waals surface area (Å²) in [6.45, 7) is 9.40. The molecule has 4 atom stereocenters. The Morgan fingerprint density at radius 1 is 0.661 bits per heavy atom. The van der Waals surface area contributed by atoms with Gasteiger partial charge in [-0.05, 0) is 85.8 Å². The molecule has 4 aromatic rings. The second-order valence-electron chi connectivity index (χ2n) is 16.7. The number of carbonyl (C=O) groups excluding carboxylic acids is 2. The lowest BCUT2D eigenvalue weighted by molar-refractivity contribution is -0.190. The maximum atomic E-state index is 13.7. The van der Waals surface area contributed by atoms with Crippen LogP contribution < -0.4 is 10.6 Å². The van der Waals surface area contributed by atoms with Gasteiger partial charge in [0, 0.05) is 36.4 Å². The summed E-state index contributed by atoms with van der Waals surface area (Å²) in [5, 5.41) is 5.99. The molecular formula is C42H50F4N6O4. The molecule has 4 N–H and O–H groups in total. The Hall–Kier alpha value is -4.56. The van der Waals surface area contributed by atoms with Gasteiger partial charge in [0.2, 0.25) is 0 Å². The molecule has 0 unspecified atom stereocenters. The SMILES string of the molecule is CC(C)[C@H](NC(=O)[C@@]1(C)CCC(F)(F)CO1)c1nc(-c2ccc3c(c2)CCc2cc(-c4c[nH]c([C@@H](NC(=O)[C@@]5(C)CCC(F)(F)CO5)C(C)C)n4)ccc2-3)c[nH]1. The summed E-state index contributed by atoms with van der Waals surface area (Å²) in [6, 6.07) is 11.6. The molecule has 0 spiro atoms. The maximum Gasteiger partial charge on any atom is 0.271 e. The van der Waals surface area contributed by atoms with Gasteiger partial charge < -0.3 is 30.1 Å². The van der Waals surface area contributed by atoms with Crippen molar-refractivity contribution in [2.45, 2.75) is 115 Å². The Bertz CT molecular complexity index is 1940. The fourth-order valence-corrected chi connectivity index (χ4v) is 7.71. The topological polar surface area (TPSA) is 134 Å². The molecule has 14 heteroatoms. The minimum absolute atomic E-state index is 0.0347. The van der Waals surface area contributed by atoms with Crippen LogP contribution in [0.2, 0.25) is 0 Å². The van der Waals surface area contributed by atoms with E-state index in [9.17, 15) is 27.2 Å². The molecule has 10 nitrogen and oxygen atoms in total. The lowest BCUT2D eigenvalue weighted by atomic mass is 9.83. The van der Waals surface area contributed by atoms with E-state index < -0.39 is 73.0 Å². The number of aryl methyl sites for hydroxylation is 2. The number of H-pyrrole nitrogens is 2. The highest BCUT2D eigenvalue weighted by Gasteiger charge is 2.48. The Morgan fingerprint density at radius 2 is 1.05 bits per heavy atom. The molecule has 1 aliphatic carbocycles. The molecule has 7 rings (SSSR count). The lowest BCUT2D eigenvalue weighted by Gasteiger charge is -2.37. The van der Waals surface area contributed by atoms with Crippen molar-refractivity contribution in [3.63, 3.8) is 0 Å². The van der Waals surface area contributed by atoms with E-state index in [1.54, 1.807) is 13.8 Å². The molecule has 300 valence electrons. The molecule has 4 heterocycles. The third-order valence-electron chi connectivity index (χ3n) is 11.5. The summed E-state index contributed by atoms with van der Waals surface area (Å²) < 4.78 is 65.6. The Kier molecular flexibility index (Phi) is 10.4. The van der Waals surface area contributed by atoms with Gasteiger partial charge >= 0.3 is 0 Å². The monoisotopic (exact) mass is 778 g/mol. The highest BCUT2D eigenvalue weighted by molar-refractivity contribution is 5.86. The molecule has 2 amide bonds. The second-order valence-corrected chi connectivity index (χ2v) is 16.7. The largest absolute Gasteiger partial charge is 0.359 e. The van der Waals surface area contributed by atoms with Crippen LogP contribution in [0.3, 0.4) is 0 Å². The first-order valence-electron chi connectivity index (χ1n) is 19.4. The Balaban J connectivity index is 1.04. The second kappa shape index (κ2) is 14.7.